The van der Waals surface area contributed by atoms with E-state index in [2.05, 4.69) is 33.1 Å². The highest BCUT2D eigenvalue weighted by atomic mass is 79.9. The zero-order valence-electron chi connectivity index (χ0n) is 12.7. The predicted octanol–water partition coefficient (Wildman–Crippen LogP) is 3.78. The van der Waals surface area contributed by atoms with Crippen LogP contribution in [-0.2, 0) is 0 Å². The molecule has 1 N–H and O–H groups in total. The van der Waals surface area contributed by atoms with Crippen LogP contribution in [0.15, 0.2) is 22.7 Å². The first-order valence-electron chi connectivity index (χ1n) is 7.40. The van der Waals surface area contributed by atoms with Crippen molar-refractivity contribution in [3.63, 3.8) is 0 Å². The summed E-state index contributed by atoms with van der Waals surface area (Å²) >= 11 is 3.48. The van der Waals surface area contributed by atoms with E-state index in [1.54, 1.807) is 0 Å². The fraction of sp³-hybridized carbons (Fsp3) is 0.562. The van der Waals surface area contributed by atoms with Crippen LogP contribution < -0.4 is 5.32 Å². The van der Waals surface area contributed by atoms with E-state index in [9.17, 15) is 4.79 Å². The highest BCUT2D eigenvalue weighted by molar-refractivity contribution is 9.10. The second-order valence-electron chi connectivity index (χ2n) is 5.50. The number of halogens is 2. The molecule has 1 heterocycles. The lowest BCUT2D eigenvalue weighted by atomic mass is 10.0. The molecule has 1 aromatic carbocycles. The van der Waals surface area contributed by atoms with Crippen LogP contribution in [0.5, 0.6) is 0 Å². The molecule has 1 saturated heterocycles. The lowest BCUT2D eigenvalue weighted by Gasteiger charge is -2.34. The first kappa shape index (κ1) is 18.5. The Morgan fingerprint density at radius 1 is 1.33 bits per heavy atom. The van der Waals surface area contributed by atoms with E-state index in [1.165, 1.54) is 0 Å². The van der Waals surface area contributed by atoms with Crippen LogP contribution in [0.1, 0.15) is 42.1 Å². The van der Waals surface area contributed by atoms with Crippen molar-refractivity contribution in [2.75, 3.05) is 19.6 Å². The molecule has 21 heavy (non-hydrogen) atoms. The van der Waals surface area contributed by atoms with Crippen molar-refractivity contribution < 1.29 is 4.79 Å². The van der Waals surface area contributed by atoms with Gasteiger partial charge < -0.3 is 10.2 Å². The van der Waals surface area contributed by atoms with Crippen LogP contribution in [0.4, 0.5) is 0 Å². The maximum absolute atomic E-state index is 12.8. The summed E-state index contributed by atoms with van der Waals surface area (Å²) in [6.07, 6.45) is 3.11. The van der Waals surface area contributed by atoms with Crippen molar-refractivity contribution >= 4 is 34.2 Å². The van der Waals surface area contributed by atoms with E-state index in [0.717, 1.165) is 54.5 Å². The fourth-order valence-corrected chi connectivity index (χ4v) is 3.44. The van der Waals surface area contributed by atoms with E-state index in [0.29, 0.717) is 6.04 Å². The largest absolute Gasteiger partial charge is 0.336 e. The highest BCUT2D eigenvalue weighted by Gasteiger charge is 2.25. The second-order valence-corrected chi connectivity index (χ2v) is 6.41. The van der Waals surface area contributed by atoms with Gasteiger partial charge in [-0.15, -0.1) is 12.4 Å². The molecule has 0 radical (unpaired) electrons. The molecule has 1 fully saturated rings. The van der Waals surface area contributed by atoms with Crippen LogP contribution in [-0.4, -0.2) is 36.5 Å². The second kappa shape index (κ2) is 8.76. The van der Waals surface area contributed by atoms with Gasteiger partial charge in [-0.25, -0.2) is 0 Å². The summed E-state index contributed by atoms with van der Waals surface area (Å²) in [5.41, 5.74) is 1.91. The number of aryl methyl sites for hydroxylation is 1. The van der Waals surface area contributed by atoms with Gasteiger partial charge in [0.1, 0.15) is 0 Å². The van der Waals surface area contributed by atoms with Gasteiger partial charge in [0.25, 0.3) is 5.91 Å². The Kier molecular flexibility index (Phi) is 7.71. The van der Waals surface area contributed by atoms with Crippen molar-refractivity contribution in [1.29, 1.82) is 0 Å². The van der Waals surface area contributed by atoms with Gasteiger partial charge in [0, 0.05) is 22.6 Å². The third-order valence-corrected chi connectivity index (χ3v) is 4.22. The number of piperidine rings is 1. The molecule has 0 unspecified atom stereocenters. The number of hydrogen-bond donors (Lipinski definition) is 1. The zero-order valence-corrected chi connectivity index (χ0v) is 15.1. The monoisotopic (exact) mass is 374 g/mol. The standard InChI is InChI=1S/C16H23BrN2O.ClH/c1-3-8-19(15-4-6-18-7-5-15)16(20)13-9-12(2)10-14(17)11-13;/h9-11,15,18H,3-8H2,1-2H3;1H. The third kappa shape index (κ3) is 4.97. The van der Waals surface area contributed by atoms with Crippen molar-refractivity contribution in [3.8, 4) is 0 Å². The molecule has 0 atom stereocenters. The Morgan fingerprint density at radius 2 is 2.00 bits per heavy atom. The van der Waals surface area contributed by atoms with Gasteiger partial charge in [0.15, 0.2) is 0 Å². The number of carbonyl (C=O) groups excluding carboxylic acids is 1. The van der Waals surface area contributed by atoms with Gasteiger partial charge in [-0.3, -0.25) is 4.79 Å². The molecule has 0 spiro atoms. The molecule has 1 amide bonds. The predicted molar refractivity (Wildman–Crippen MR) is 93.3 cm³/mol. The number of hydrogen-bond acceptors (Lipinski definition) is 2. The molecule has 0 aliphatic carbocycles. The summed E-state index contributed by atoms with van der Waals surface area (Å²) in [5, 5.41) is 3.36. The number of carbonyl (C=O) groups is 1. The molecule has 0 bridgehead atoms. The lowest BCUT2D eigenvalue weighted by molar-refractivity contribution is 0.0642. The van der Waals surface area contributed by atoms with Crippen molar-refractivity contribution in [3.05, 3.63) is 33.8 Å². The minimum absolute atomic E-state index is 0. The normalized spacial score (nSPS) is 15.4. The van der Waals surface area contributed by atoms with Gasteiger partial charge in [0.05, 0.1) is 0 Å². The van der Waals surface area contributed by atoms with E-state index in [4.69, 9.17) is 0 Å². The highest BCUT2D eigenvalue weighted by Crippen LogP contribution is 2.20. The van der Waals surface area contributed by atoms with Gasteiger partial charge in [0.2, 0.25) is 0 Å². The molecule has 2 rings (SSSR count). The van der Waals surface area contributed by atoms with Gasteiger partial charge in [-0.2, -0.15) is 0 Å². The summed E-state index contributed by atoms with van der Waals surface area (Å²) in [7, 11) is 0. The summed E-state index contributed by atoms with van der Waals surface area (Å²) in [6, 6.07) is 6.32. The number of nitrogens with zero attached hydrogens (tertiary/aromatic N) is 1. The average molecular weight is 376 g/mol. The van der Waals surface area contributed by atoms with E-state index < -0.39 is 0 Å². The summed E-state index contributed by atoms with van der Waals surface area (Å²) < 4.78 is 0.975. The molecule has 1 aliphatic rings. The molecule has 0 aromatic heterocycles. The van der Waals surface area contributed by atoms with E-state index in [-0.39, 0.29) is 18.3 Å². The van der Waals surface area contributed by atoms with Crippen LogP contribution in [0.2, 0.25) is 0 Å². The van der Waals surface area contributed by atoms with Crippen LogP contribution >= 0.6 is 28.3 Å². The van der Waals surface area contributed by atoms with Crippen molar-refractivity contribution in [2.24, 2.45) is 0 Å². The molecular formula is C16H24BrClN2O. The van der Waals surface area contributed by atoms with Crippen LogP contribution in [0, 0.1) is 6.92 Å². The Labute approximate surface area is 142 Å². The summed E-state index contributed by atoms with van der Waals surface area (Å²) in [5.74, 6) is 0.170. The maximum Gasteiger partial charge on any atom is 0.254 e. The Morgan fingerprint density at radius 3 is 2.57 bits per heavy atom. The quantitative estimate of drug-likeness (QED) is 0.868. The number of nitrogens with one attached hydrogen (secondary N) is 1. The number of amides is 1. The Balaban J connectivity index is 0.00000220. The van der Waals surface area contributed by atoms with Gasteiger partial charge in [-0.05, 0) is 63.0 Å². The minimum Gasteiger partial charge on any atom is -0.336 e. The number of benzene rings is 1. The topological polar surface area (TPSA) is 32.3 Å². The van der Waals surface area contributed by atoms with Crippen molar-refractivity contribution in [1.82, 2.24) is 10.2 Å². The Hall–Kier alpha value is -0.580. The van der Waals surface area contributed by atoms with E-state index in [1.807, 2.05) is 25.1 Å². The molecule has 118 valence electrons. The summed E-state index contributed by atoms with van der Waals surface area (Å²) in [6.45, 7) is 7.02. The van der Waals surface area contributed by atoms with E-state index >= 15 is 0 Å². The van der Waals surface area contributed by atoms with Crippen LogP contribution in [0.3, 0.4) is 0 Å². The molecule has 3 nitrogen and oxygen atoms in total. The van der Waals surface area contributed by atoms with Gasteiger partial charge in [-0.1, -0.05) is 22.9 Å². The third-order valence-electron chi connectivity index (χ3n) is 3.76. The fourth-order valence-electron chi connectivity index (χ4n) is 2.83. The van der Waals surface area contributed by atoms with Crippen molar-refractivity contribution in [2.45, 2.75) is 39.2 Å². The Bertz CT molecular complexity index is 455. The molecule has 1 aromatic rings. The molecular weight excluding hydrogens is 352 g/mol. The van der Waals surface area contributed by atoms with Gasteiger partial charge >= 0.3 is 0 Å². The molecule has 5 heteroatoms. The van der Waals surface area contributed by atoms with Crippen LogP contribution in [0.25, 0.3) is 0 Å². The molecule has 0 saturated carbocycles. The number of rotatable bonds is 4. The SMILES string of the molecule is CCCN(C(=O)c1cc(C)cc(Br)c1)C1CCNCC1.Cl. The first-order valence-corrected chi connectivity index (χ1v) is 8.20. The summed E-state index contributed by atoms with van der Waals surface area (Å²) in [4.78, 5) is 14.9. The average Bonchev–Trinajstić information content (AvgIpc) is 2.44. The minimum atomic E-state index is 0. The maximum atomic E-state index is 12.8. The zero-order chi connectivity index (χ0) is 14.5. The molecule has 1 aliphatic heterocycles. The smallest absolute Gasteiger partial charge is 0.254 e. The lowest BCUT2D eigenvalue weighted by Crippen LogP contribution is -2.46. The first-order chi connectivity index (χ1) is 9.61.